The number of hydrogen-bond acceptors (Lipinski definition) is 1. The third-order valence-corrected chi connectivity index (χ3v) is 5.47. The lowest BCUT2D eigenvalue weighted by molar-refractivity contribution is -0.131. The first-order valence-corrected chi connectivity index (χ1v) is 9.32. The molecule has 140 valence electrons. The topological polar surface area (TPSA) is 36.1 Å². The summed E-state index contributed by atoms with van der Waals surface area (Å²) in [6.07, 6.45) is 2.77. The summed E-state index contributed by atoms with van der Waals surface area (Å²) in [7, 11) is 0. The fourth-order valence-electron chi connectivity index (χ4n) is 4.15. The van der Waals surface area contributed by atoms with Crippen molar-refractivity contribution >= 4 is 16.8 Å². The Morgan fingerprint density at radius 3 is 2.81 bits per heavy atom. The quantitative estimate of drug-likeness (QED) is 0.722. The minimum absolute atomic E-state index is 0.0437. The minimum Gasteiger partial charge on any atom is -0.358 e. The van der Waals surface area contributed by atoms with Gasteiger partial charge in [0.2, 0.25) is 5.91 Å². The largest absolute Gasteiger partial charge is 0.358 e. The summed E-state index contributed by atoms with van der Waals surface area (Å²) in [5.41, 5.74) is 3.50. The Morgan fingerprint density at radius 2 is 2.00 bits per heavy atom. The number of benzene rings is 2. The summed E-state index contributed by atoms with van der Waals surface area (Å²) in [4.78, 5) is 18.1. The molecule has 0 bridgehead atoms. The predicted molar refractivity (Wildman–Crippen MR) is 102 cm³/mol. The molecule has 4 rings (SSSR count). The van der Waals surface area contributed by atoms with E-state index in [1.54, 1.807) is 12.1 Å². The van der Waals surface area contributed by atoms with E-state index in [9.17, 15) is 13.6 Å². The van der Waals surface area contributed by atoms with Gasteiger partial charge in [-0.3, -0.25) is 4.79 Å². The van der Waals surface area contributed by atoms with Gasteiger partial charge in [0.25, 0.3) is 0 Å². The van der Waals surface area contributed by atoms with Gasteiger partial charge in [-0.1, -0.05) is 12.1 Å². The molecule has 1 amide bonds. The molecule has 1 fully saturated rings. The molecule has 2 heterocycles. The lowest BCUT2D eigenvalue weighted by atomic mass is 10.0. The summed E-state index contributed by atoms with van der Waals surface area (Å²) in [6.45, 7) is 2.63. The zero-order valence-electron chi connectivity index (χ0n) is 15.3. The van der Waals surface area contributed by atoms with Crippen molar-refractivity contribution in [3.63, 3.8) is 0 Å². The van der Waals surface area contributed by atoms with Gasteiger partial charge in [-0.15, -0.1) is 0 Å². The van der Waals surface area contributed by atoms with Crippen LogP contribution in [0.4, 0.5) is 8.78 Å². The molecule has 3 aromatic rings. The van der Waals surface area contributed by atoms with Crippen LogP contribution in [-0.4, -0.2) is 28.4 Å². The Kier molecular flexibility index (Phi) is 4.68. The number of nitrogens with zero attached hydrogens (tertiary/aromatic N) is 1. The molecule has 5 heteroatoms. The highest BCUT2D eigenvalue weighted by molar-refractivity contribution is 5.90. The lowest BCUT2D eigenvalue weighted by Crippen LogP contribution is -2.37. The van der Waals surface area contributed by atoms with E-state index in [1.165, 1.54) is 24.3 Å². The second kappa shape index (κ2) is 7.14. The summed E-state index contributed by atoms with van der Waals surface area (Å²) in [5, 5.41) is 0.765. The van der Waals surface area contributed by atoms with Crippen LogP contribution in [0.3, 0.4) is 0 Å². The Balaban J connectivity index is 1.54. The molecule has 3 nitrogen and oxygen atoms in total. The van der Waals surface area contributed by atoms with Crippen LogP contribution in [0, 0.1) is 18.6 Å². The van der Waals surface area contributed by atoms with E-state index >= 15 is 0 Å². The van der Waals surface area contributed by atoms with Gasteiger partial charge in [0.15, 0.2) is 0 Å². The number of amides is 1. The molecular weight excluding hydrogens is 346 g/mol. The first kappa shape index (κ1) is 17.7. The maximum Gasteiger partial charge on any atom is 0.227 e. The molecule has 2 aromatic carbocycles. The molecule has 1 aromatic heterocycles. The first-order valence-electron chi connectivity index (χ1n) is 9.32. The van der Waals surface area contributed by atoms with Crippen molar-refractivity contribution in [1.29, 1.82) is 0 Å². The van der Waals surface area contributed by atoms with E-state index in [-0.39, 0.29) is 30.0 Å². The van der Waals surface area contributed by atoms with E-state index in [4.69, 9.17) is 0 Å². The van der Waals surface area contributed by atoms with E-state index in [1.807, 2.05) is 17.9 Å². The number of likely N-dealkylation sites (tertiary alicyclic amines) is 1. The zero-order chi connectivity index (χ0) is 19.0. The Hall–Kier alpha value is -2.69. The third-order valence-electron chi connectivity index (χ3n) is 5.47. The molecule has 0 radical (unpaired) electrons. The molecule has 0 saturated carbocycles. The molecule has 1 saturated heterocycles. The molecule has 1 aliphatic heterocycles. The van der Waals surface area contributed by atoms with Gasteiger partial charge in [0.05, 0.1) is 6.42 Å². The van der Waals surface area contributed by atoms with Crippen LogP contribution >= 0.6 is 0 Å². The van der Waals surface area contributed by atoms with Crippen LogP contribution < -0.4 is 0 Å². The van der Waals surface area contributed by atoms with Crippen LogP contribution in [0.25, 0.3) is 10.9 Å². The van der Waals surface area contributed by atoms with Crippen LogP contribution in [0.5, 0.6) is 0 Å². The fourth-order valence-corrected chi connectivity index (χ4v) is 4.15. The van der Waals surface area contributed by atoms with Gasteiger partial charge in [-0.05, 0) is 67.6 Å². The summed E-state index contributed by atoms with van der Waals surface area (Å²) >= 11 is 0. The number of aromatic nitrogens is 1. The number of hydrogen-bond donors (Lipinski definition) is 1. The average Bonchev–Trinajstić information content (AvgIpc) is 3.20. The number of H-pyrrole nitrogens is 1. The van der Waals surface area contributed by atoms with Crippen LogP contribution in [0.15, 0.2) is 42.5 Å². The molecule has 1 N–H and O–H groups in total. The minimum atomic E-state index is -0.305. The first-order chi connectivity index (χ1) is 13.0. The lowest BCUT2D eigenvalue weighted by Gasteiger charge is -2.25. The molecular formula is C22H22F2N2O. The number of aryl methyl sites for hydroxylation is 1. The normalized spacial score (nSPS) is 17.0. The Morgan fingerprint density at radius 1 is 1.19 bits per heavy atom. The van der Waals surface area contributed by atoms with Crippen molar-refractivity contribution in [2.45, 2.75) is 38.6 Å². The van der Waals surface area contributed by atoms with Crippen LogP contribution in [0.1, 0.15) is 29.7 Å². The van der Waals surface area contributed by atoms with Crippen molar-refractivity contribution in [2.75, 3.05) is 6.54 Å². The van der Waals surface area contributed by atoms with E-state index < -0.39 is 0 Å². The highest BCUT2D eigenvalue weighted by atomic mass is 19.1. The second-order valence-corrected chi connectivity index (χ2v) is 7.31. The number of halogens is 2. The number of nitrogens with one attached hydrogen (secondary N) is 1. The van der Waals surface area contributed by atoms with Crippen molar-refractivity contribution in [2.24, 2.45) is 0 Å². The van der Waals surface area contributed by atoms with Crippen molar-refractivity contribution in [3.8, 4) is 0 Å². The smallest absolute Gasteiger partial charge is 0.227 e. The number of fused-ring (bicyclic) bond motifs is 1. The maximum atomic E-state index is 13.7. The summed E-state index contributed by atoms with van der Waals surface area (Å²) in [6, 6.07) is 11.3. The van der Waals surface area contributed by atoms with Gasteiger partial charge in [-0.25, -0.2) is 8.78 Å². The zero-order valence-corrected chi connectivity index (χ0v) is 15.3. The second-order valence-electron chi connectivity index (χ2n) is 7.31. The van der Waals surface area contributed by atoms with Crippen molar-refractivity contribution < 1.29 is 13.6 Å². The van der Waals surface area contributed by atoms with E-state index in [0.717, 1.165) is 40.6 Å². The number of rotatable bonds is 4. The highest BCUT2D eigenvalue weighted by Crippen LogP contribution is 2.27. The van der Waals surface area contributed by atoms with Crippen molar-refractivity contribution in [1.82, 2.24) is 9.88 Å². The molecule has 1 aliphatic rings. The predicted octanol–water partition coefficient (Wildman–Crippen LogP) is 4.53. The van der Waals surface area contributed by atoms with Gasteiger partial charge in [0, 0.05) is 29.2 Å². The fraction of sp³-hybridized carbons (Fsp3) is 0.318. The number of aromatic amines is 1. The van der Waals surface area contributed by atoms with Gasteiger partial charge < -0.3 is 9.88 Å². The molecule has 0 aliphatic carbocycles. The van der Waals surface area contributed by atoms with Crippen molar-refractivity contribution in [3.05, 3.63) is 70.9 Å². The Bertz CT molecular complexity index is 995. The maximum absolute atomic E-state index is 13.7. The highest BCUT2D eigenvalue weighted by Gasteiger charge is 2.29. The van der Waals surface area contributed by atoms with Gasteiger partial charge >= 0.3 is 0 Å². The molecule has 0 spiro atoms. The molecule has 1 atom stereocenters. The summed E-state index contributed by atoms with van der Waals surface area (Å²) < 4.78 is 27.1. The summed E-state index contributed by atoms with van der Waals surface area (Å²) in [5.74, 6) is -0.512. The third kappa shape index (κ3) is 3.59. The van der Waals surface area contributed by atoms with E-state index in [0.29, 0.717) is 13.0 Å². The standard InChI is InChI=1S/C22H22F2N2O/c1-14-19(20-12-17(24)7-8-21(20)25-14)13-22(27)26-9-3-6-18(26)11-15-4-2-5-16(23)10-15/h2,4-5,7-8,10,12,18,25H,3,6,9,11,13H2,1H3. The average molecular weight is 368 g/mol. The molecule has 27 heavy (non-hydrogen) atoms. The van der Waals surface area contributed by atoms with Gasteiger partial charge in [0.1, 0.15) is 11.6 Å². The Labute approximate surface area is 157 Å². The molecule has 1 unspecified atom stereocenters. The number of carbonyl (C=O) groups excluding carboxylic acids is 1. The van der Waals surface area contributed by atoms with Crippen LogP contribution in [0.2, 0.25) is 0 Å². The SMILES string of the molecule is Cc1[nH]c2ccc(F)cc2c1CC(=O)N1CCCC1Cc1cccc(F)c1. The van der Waals surface area contributed by atoms with Gasteiger partial charge in [-0.2, -0.15) is 0 Å². The number of carbonyl (C=O) groups is 1. The monoisotopic (exact) mass is 368 g/mol. The van der Waals surface area contributed by atoms with E-state index in [2.05, 4.69) is 4.98 Å². The van der Waals surface area contributed by atoms with Crippen LogP contribution in [-0.2, 0) is 17.6 Å².